The molecule has 12 heteroatoms. The van der Waals surface area contributed by atoms with Crippen molar-refractivity contribution in [3.8, 4) is 17.2 Å². The zero-order valence-electron chi connectivity index (χ0n) is 20.1. The first-order valence-electron chi connectivity index (χ1n) is 10.9. The molecule has 0 aliphatic heterocycles. The number of H-pyrrole nitrogens is 1. The van der Waals surface area contributed by atoms with Gasteiger partial charge in [-0.15, -0.1) is 0 Å². The second kappa shape index (κ2) is 12.0. The summed E-state index contributed by atoms with van der Waals surface area (Å²) < 4.78 is 52.7. The zero-order valence-corrected chi connectivity index (χ0v) is 20.1. The van der Waals surface area contributed by atoms with Crippen molar-refractivity contribution >= 4 is 23.3 Å². The molecule has 196 valence electrons. The maximum atomic E-state index is 12.9. The number of ether oxygens (including phenoxy) is 3. The van der Waals surface area contributed by atoms with Gasteiger partial charge >= 0.3 is 6.18 Å². The van der Waals surface area contributed by atoms with E-state index < -0.39 is 24.6 Å². The van der Waals surface area contributed by atoms with E-state index >= 15 is 0 Å². The van der Waals surface area contributed by atoms with Crippen molar-refractivity contribution in [3.05, 3.63) is 71.9 Å². The summed E-state index contributed by atoms with van der Waals surface area (Å²) >= 11 is 0. The van der Waals surface area contributed by atoms with Crippen LogP contribution >= 0.6 is 0 Å². The van der Waals surface area contributed by atoms with Crippen molar-refractivity contribution in [2.24, 2.45) is 0 Å². The van der Waals surface area contributed by atoms with Crippen LogP contribution in [0, 0.1) is 0 Å². The maximum Gasteiger partial charge on any atom is 0.422 e. The van der Waals surface area contributed by atoms with Gasteiger partial charge in [-0.25, -0.2) is 0 Å². The highest BCUT2D eigenvalue weighted by Crippen LogP contribution is 2.26. The van der Waals surface area contributed by atoms with Crippen molar-refractivity contribution < 1.29 is 37.0 Å². The van der Waals surface area contributed by atoms with Crippen molar-refractivity contribution in [2.45, 2.75) is 19.0 Å². The number of aromatic nitrogens is 2. The number of aromatic amines is 1. The summed E-state index contributed by atoms with van der Waals surface area (Å²) in [7, 11) is 3.14. The quantitative estimate of drug-likeness (QED) is 0.322. The molecule has 9 nitrogen and oxygen atoms in total. The number of methoxy groups -OCH3 is 2. The highest BCUT2D eigenvalue weighted by atomic mass is 19.4. The third kappa shape index (κ3) is 8.02. The van der Waals surface area contributed by atoms with Crippen molar-refractivity contribution in [2.75, 3.05) is 31.5 Å². The molecule has 3 aromatic rings. The second-order valence-electron chi connectivity index (χ2n) is 7.75. The molecule has 1 heterocycles. The van der Waals surface area contributed by atoms with Gasteiger partial charge in [0, 0.05) is 18.2 Å². The Morgan fingerprint density at radius 2 is 1.70 bits per heavy atom. The highest BCUT2D eigenvalue weighted by molar-refractivity contribution is 6.11. The first-order chi connectivity index (χ1) is 17.6. The van der Waals surface area contributed by atoms with Gasteiger partial charge in [0.2, 0.25) is 5.91 Å². The van der Waals surface area contributed by atoms with Gasteiger partial charge in [-0.3, -0.25) is 14.7 Å². The fourth-order valence-electron chi connectivity index (χ4n) is 3.29. The number of hydrogen-bond donors (Lipinski definition) is 3. The Balaban J connectivity index is 1.70. The lowest BCUT2D eigenvalue weighted by atomic mass is 10.1. The van der Waals surface area contributed by atoms with E-state index in [1.807, 2.05) is 12.1 Å². The van der Waals surface area contributed by atoms with Crippen LogP contribution in [0.1, 0.15) is 21.6 Å². The number of amides is 2. The van der Waals surface area contributed by atoms with Crippen molar-refractivity contribution in [3.63, 3.8) is 0 Å². The fraction of sp³-hybridized carbons (Fsp3) is 0.240. The number of nitrogens with one attached hydrogen (secondary N) is 3. The molecule has 3 N–H and O–H groups in total. The molecule has 37 heavy (non-hydrogen) atoms. The lowest BCUT2D eigenvalue weighted by molar-refractivity contribution is -0.153. The average Bonchev–Trinajstić information content (AvgIpc) is 3.32. The lowest BCUT2D eigenvalue weighted by Crippen LogP contribution is -2.20. The van der Waals surface area contributed by atoms with Gasteiger partial charge in [-0.2, -0.15) is 18.3 Å². The number of halogens is 3. The molecule has 0 aliphatic rings. The lowest BCUT2D eigenvalue weighted by Gasteiger charge is -2.13. The number of rotatable bonds is 11. The molecule has 0 radical (unpaired) electrons. The predicted octanol–water partition coefficient (Wildman–Crippen LogP) is 4.53. The van der Waals surface area contributed by atoms with Gasteiger partial charge < -0.3 is 24.8 Å². The average molecular weight is 518 g/mol. The van der Waals surface area contributed by atoms with Crippen LogP contribution in [0.15, 0.2) is 55.1 Å². The molecule has 2 amide bonds. The summed E-state index contributed by atoms with van der Waals surface area (Å²) in [5, 5.41) is 11.9. The first-order valence-corrected chi connectivity index (χ1v) is 10.9. The number of hydrogen-bond acceptors (Lipinski definition) is 6. The molecule has 1 aromatic heterocycles. The Hall–Kier alpha value is -4.48. The van der Waals surface area contributed by atoms with Gasteiger partial charge in [-0.05, 0) is 48.7 Å². The van der Waals surface area contributed by atoms with E-state index in [4.69, 9.17) is 14.2 Å². The summed E-state index contributed by atoms with van der Waals surface area (Å²) in [5.41, 5.74) is 1.59. The maximum absolute atomic E-state index is 12.9. The van der Waals surface area contributed by atoms with E-state index in [0.29, 0.717) is 35.9 Å². The first kappa shape index (κ1) is 27.1. The van der Waals surface area contributed by atoms with E-state index in [1.54, 1.807) is 26.4 Å². The van der Waals surface area contributed by atoms with Crippen LogP contribution in [0.3, 0.4) is 0 Å². The van der Waals surface area contributed by atoms with Gasteiger partial charge in [0.15, 0.2) is 6.61 Å². The van der Waals surface area contributed by atoms with E-state index in [1.165, 1.54) is 12.1 Å². The number of anilines is 2. The van der Waals surface area contributed by atoms with Gasteiger partial charge in [0.1, 0.15) is 23.1 Å². The number of carbonyl (C=O) groups excluding carboxylic acids is 2. The number of benzene rings is 2. The summed E-state index contributed by atoms with van der Waals surface area (Å²) in [6, 6.07) is 10.8. The molecule has 0 aliphatic carbocycles. The predicted molar refractivity (Wildman–Crippen MR) is 130 cm³/mol. The normalized spacial score (nSPS) is 10.9. The Bertz CT molecular complexity index is 1250. The Labute approximate surface area is 210 Å². The van der Waals surface area contributed by atoms with Crippen molar-refractivity contribution in [1.29, 1.82) is 0 Å². The zero-order chi connectivity index (χ0) is 27.0. The van der Waals surface area contributed by atoms with Crippen LogP contribution in [0.4, 0.5) is 24.7 Å². The Morgan fingerprint density at radius 1 is 1.00 bits per heavy atom. The van der Waals surface area contributed by atoms with Crippen LogP contribution in [0.25, 0.3) is 0 Å². The molecule has 0 unspecified atom stereocenters. The smallest absolute Gasteiger partial charge is 0.422 e. The Kier molecular flexibility index (Phi) is 8.77. The third-order valence-electron chi connectivity index (χ3n) is 5.04. The molecule has 0 saturated heterocycles. The fourth-order valence-corrected chi connectivity index (χ4v) is 3.29. The number of carbonyl (C=O) groups is 2. The second-order valence-corrected chi connectivity index (χ2v) is 7.75. The van der Waals surface area contributed by atoms with Gasteiger partial charge in [-0.1, -0.05) is 6.58 Å². The van der Waals surface area contributed by atoms with Crippen LogP contribution in [-0.4, -0.2) is 49.0 Å². The summed E-state index contributed by atoms with van der Waals surface area (Å²) in [5.74, 6) is 0.166. The van der Waals surface area contributed by atoms with Gasteiger partial charge in [0.05, 0.1) is 31.2 Å². The minimum absolute atomic E-state index is 0.00538. The SMILES string of the molecule is C=CC(=O)Nc1cc(OCC(F)(F)F)ccc1C(=O)Nc1cc(CCc2cc(OC)cc(OC)c2)n[nH]1. The molecule has 0 bridgehead atoms. The number of alkyl halides is 3. The molecule has 0 fully saturated rings. The molecule has 0 saturated carbocycles. The molecule has 3 rings (SSSR count). The van der Waals surface area contributed by atoms with E-state index in [2.05, 4.69) is 27.4 Å². The highest BCUT2D eigenvalue weighted by Gasteiger charge is 2.28. The van der Waals surface area contributed by atoms with Gasteiger partial charge in [0.25, 0.3) is 5.91 Å². The minimum atomic E-state index is -4.54. The largest absolute Gasteiger partial charge is 0.497 e. The third-order valence-corrected chi connectivity index (χ3v) is 5.04. The number of aryl methyl sites for hydroxylation is 2. The molecule has 0 spiro atoms. The molecular formula is C25H25F3N4O5. The number of nitrogens with zero attached hydrogens (tertiary/aromatic N) is 1. The molecular weight excluding hydrogens is 493 g/mol. The van der Waals surface area contributed by atoms with E-state index in [-0.39, 0.29) is 17.0 Å². The van der Waals surface area contributed by atoms with Crippen LogP contribution < -0.4 is 24.8 Å². The summed E-state index contributed by atoms with van der Waals surface area (Å²) in [6.07, 6.45) is -2.40. The van der Waals surface area contributed by atoms with Crippen molar-refractivity contribution in [1.82, 2.24) is 10.2 Å². The topological polar surface area (TPSA) is 115 Å². The van der Waals surface area contributed by atoms with E-state index in [9.17, 15) is 22.8 Å². The Morgan fingerprint density at radius 3 is 2.32 bits per heavy atom. The standard InChI is InChI=1S/C25H25F3N4O5/c1-4-23(33)29-21-13-17(37-14-25(26,27)28)7-8-20(21)24(34)30-22-11-16(31-32-22)6-5-15-9-18(35-2)12-19(10-15)36-3/h4,7-13H,1,5-6,14H2,2-3H3,(H,29,33)(H2,30,31,32,34). The minimum Gasteiger partial charge on any atom is -0.497 e. The molecule has 2 aromatic carbocycles. The molecule has 0 atom stereocenters. The van der Waals surface area contributed by atoms with Crippen LogP contribution in [-0.2, 0) is 17.6 Å². The van der Waals surface area contributed by atoms with Crippen LogP contribution in [0.2, 0.25) is 0 Å². The van der Waals surface area contributed by atoms with E-state index in [0.717, 1.165) is 17.7 Å². The summed E-state index contributed by atoms with van der Waals surface area (Å²) in [6.45, 7) is 1.81. The monoisotopic (exact) mass is 518 g/mol. The summed E-state index contributed by atoms with van der Waals surface area (Å²) in [4.78, 5) is 24.7. The van der Waals surface area contributed by atoms with Crippen LogP contribution in [0.5, 0.6) is 17.2 Å².